The monoisotopic (exact) mass is 344 g/mol. The highest BCUT2D eigenvalue weighted by Gasteiger charge is 2.19. The van der Waals surface area contributed by atoms with Gasteiger partial charge < -0.3 is 0 Å². The summed E-state index contributed by atoms with van der Waals surface area (Å²) in [6.45, 7) is 12.4. The fraction of sp³-hybridized carbons (Fsp3) is 0.316. The topological polar surface area (TPSA) is 17.1 Å². The maximum absolute atomic E-state index is 13.0. The summed E-state index contributed by atoms with van der Waals surface area (Å²) in [5.41, 5.74) is 8.61. The van der Waals surface area contributed by atoms with Gasteiger partial charge in [-0.3, -0.25) is 4.79 Å². The Morgan fingerprint density at radius 3 is 1.76 bits per heavy atom. The molecule has 0 radical (unpaired) electrons. The molecule has 0 aliphatic carbocycles. The predicted molar refractivity (Wildman–Crippen MR) is 92.4 cm³/mol. The molecule has 0 unspecified atom stereocenters. The first-order valence-corrected chi connectivity index (χ1v) is 7.92. The van der Waals surface area contributed by atoms with Crippen LogP contribution in [-0.4, -0.2) is 5.78 Å². The second-order valence-electron chi connectivity index (χ2n) is 5.79. The number of aryl methyl sites for hydroxylation is 1. The number of hydrogen-bond acceptors (Lipinski definition) is 1. The Kier molecular flexibility index (Phi) is 4.38. The van der Waals surface area contributed by atoms with Gasteiger partial charge in [-0.1, -0.05) is 15.9 Å². The SMILES string of the molecule is Cc1cc(C(=O)c2c(C)c(C)c(C)c(C)c2C)ccc1Br. The van der Waals surface area contributed by atoms with Gasteiger partial charge in [0.25, 0.3) is 0 Å². The fourth-order valence-electron chi connectivity index (χ4n) is 2.77. The molecule has 2 rings (SSSR count). The second kappa shape index (κ2) is 5.76. The number of hydrogen-bond donors (Lipinski definition) is 0. The molecule has 110 valence electrons. The zero-order valence-corrected chi connectivity index (χ0v) is 15.1. The Hall–Kier alpha value is -1.41. The van der Waals surface area contributed by atoms with Crippen molar-refractivity contribution in [3.63, 3.8) is 0 Å². The molecule has 1 nitrogen and oxygen atoms in total. The summed E-state index contributed by atoms with van der Waals surface area (Å²) in [4.78, 5) is 13.0. The van der Waals surface area contributed by atoms with Crippen molar-refractivity contribution in [2.75, 3.05) is 0 Å². The molecule has 0 aromatic heterocycles. The summed E-state index contributed by atoms with van der Waals surface area (Å²) in [6, 6.07) is 5.79. The quantitative estimate of drug-likeness (QED) is 0.654. The molecule has 0 atom stereocenters. The molecule has 0 N–H and O–H groups in total. The van der Waals surface area contributed by atoms with E-state index in [1.54, 1.807) is 0 Å². The average Bonchev–Trinajstić information content (AvgIpc) is 2.46. The van der Waals surface area contributed by atoms with Crippen LogP contribution in [-0.2, 0) is 0 Å². The van der Waals surface area contributed by atoms with Gasteiger partial charge in [-0.15, -0.1) is 0 Å². The largest absolute Gasteiger partial charge is 0.289 e. The molecule has 2 heteroatoms. The number of benzene rings is 2. The predicted octanol–water partition coefficient (Wildman–Crippen LogP) is 5.53. The lowest BCUT2D eigenvalue weighted by atomic mass is 9.86. The molecule has 0 aliphatic heterocycles. The van der Waals surface area contributed by atoms with Crippen LogP contribution in [0.4, 0.5) is 0 Å². The van der Waals surface area contributed by atoms with Crippen LogP contribution in [0, 0.1) is 41.5 Å². The molecular weight excluding hydrogens is 324 g/mol. The molecular formula is C19H21BrO. The van der Waals surface area contributed by atoms with E-state index in [9.17, 15) is 4.79 Å². The van der Waals surface area contributed by atoms with Crippen LogP contribution in [0.3, 0.4) is 0 Å². The van der Waals surface area contributed by atoms with Gasteiger partial charge in [0.15, 0.2) is 5.78 Å². The summed E-state index contributed by atoms with van der Waals surface area (Å²) in [7, 11) is 0. The van der Waals surface area contributed by atoms with Crippen molar-refractivity contribution in [3.05, 3.63) is 67.2 Å². The van der Waals surface area contributed by atoms with E-state index in [1.807, 2.05) is 39.0 Å². The van der Waals surface area contributed by atoms with Crippen molar-refractivity contribution in [2.24, 2.45) is 0 Å². The zero-order valence-electron chi connectivity index (χ0n) is 13.5. The highest BCUT2D eigenvalue weighted by molar-refractivity contribution is 9.10. The smallest absolute Gasteiger partial charge is 0.193 e. The summed E-state index contributed by atoms with van der Waals surface area (Å²) >= 11 is 3.49. The highest BCUT2D eigenvalue weighted by Crippen LogP contribution is 2.28. The van der Waals surface area contributed by atoms with Gasteiger partial charge in [-0.25, -0.2) is 0 Å². The van der Waals surface area contributed by atoms with Crippen LogP contribution >= 0.6 is 15.9 Å². The molecule has 0 fully saturated rings. The van der Waals surface area contributed by atoms with Crippen molar-refractivity contribution in [1.82, 2.24) is 0 Å². The Morgan fingerprint density at radius 2 is 1.29 bits per heavy atom. The third-order valence-corrected chi connectivity index (χ3v) is 5.54. The summed E-state index contributed by atoms with van der Waals surface area (Å²) in [5, 5.41) is 0. The molecule has 0 saturated heterocycles. The van der Waals surface area contributed by atoms with Gasteiger partial charge in [0.1, 0.15) is 0 Å². The second-order valence-corrected chi connectivity index (χ2v) is 6.65. The standard InChI is InChI=1S/C19H21BrO/c1-10-9-16(7-8-17(10)20)19(21)18-14(5)12(3)11(2)13(4)15(18)6/h7-9H,1-6H3. The maximum atomic E-state index is 13.0. The normalized spacial score (nSPS) is 10.8. The van der Waals surface area contributed by atoms with Crippen molar-refractivity contribution >= 4 is 21.7 Å². The van der Waals surface area contributed by atoms with Crippen molar-refractivity contribution in [3.8, 4) is 0 Å². The third-order valence-electron chi connectivity index (χ3n) is 4.65. The first kappa shape index (κ1) is 16.0. The van der Waals surface area contributed by atoms with E-state index in [0.29, 0.717) is 0 Å². The highest BCUT2D eigenvalue weighted by atomic mass is 79.9. The van der Waals surface area contributed by atoms with Crippen LogP contribution in [0.25, 0.3) is 0 Å². The molecule has 0 amide bonds. The number of carbonyl (C=O) groups is 1. The Morgan fingerprint density at radius 1 is 0.810 bits per heavy atom. The lowest BCUT2D eigenvalue weighted by Gasteiger charge is -2.18. The van der Waals surface area contributed by atoms with Crippen molar-refractivity contribution < 1.29 is 4.79 Å². The summed E-state index contributed by atoms with van der Waals surface area (Å²) < 4.78 is 1.03. The van der Waals surface area contributed by atoms with Crippen LogP contribution < -0.4 is 0 Å². The van der Waals surface area contributed by atoms with Gasteiger partial charge in [-0.2, -0.15) is 0 Å². The average molecular weight is 345 g/mol. The first-order valence-electron chi connectivity index (χ1n) is 7.13. The Balaban J connectivity index is 2.66. The van der Waals surface area contributed by atoms with Crippen molar-refractivity contribution in [1.29, 1.82) is 0 Å². The molecule has 0 bridgehead atoms. The van der Waals surface area contributed by atoms with Gasteiger partial charge in [0, 0.05) is 15.6 Å². The van der Waals surface area contributed by atoms with E-state index in [-0.39, 0.29) is 5.78 Å². The lowest BCUT2D eigenvalue weighted by Crippen LogP contribution is -2.10. The number of carbonyl (C=O) groups excluding carboxylic acids is 1. The molecule has 0 heterocycles. The zero-order chi connectivity index (χ0) is 15.9. The minimum absolute atomic E-state index is 0.117. The molecule has 2 aromatic rings. The van der Waals surface area contributed by atoms with Crippen LogP contribution in [0.2, 0.25) is 0 Å². The van der Waals surface area contributed by atoms with Crippen LogP contribution in [0.1, 0.15) is 49.3 Å². The molecule has 0 aliphatic rings. The van der Waals surface area contributed by atoms with E-state index in [0.717, 1.165) is 32.3 Å². The van der Waals surface area contributed by atoms with Crippen LogP contribution in [0.15, 0.2) is 22.7 Å². The lowest BCUT2D eigenvalue weighted by molar-refractivity contribution is 0.103. The number of halogens is 1. The van der Waals surface area contributed by atoms with Crippen LogP contribution in [0.5, 0.6) is 0 Å². The van der Waals surface area contributed by atoms with E-state index < -0.39 is 0 Å². The van der Waals surface area contributed by atoms with Gasteiger partial charge in [0.05, 0.1) is 0 Å². The third kappa shape index (κ3) is 2.69. The van der Waals surface area contributed by atoms with Gasteiger partial charge >= 0.3 is 0 Å². The fourth-order valence-corrected chi connectivity index (χ4v) is 3.02. The molecule has 2 aromatic carbocycles. The summed E-state index contributed by atoms with van der Waals surface area (Å²) in [6.07, 6.45) is 0. The number of ketones is 1. The summed E-state index contributed by atoms with van der Waals surface area (Å²) in [5.74, 6) is 0.117. The molecule has 0 spiro atoms. The van der Waals surface area contributed by atoms with E-state index in [4.69, 9.17) is 0 Å². The van der Waals surface area contributed by atoms with E-state index in [2.05, 4.69) is 36.7 Å². The maximum Gasteiger partial charge on any atom is 0.193 e. The number of rotatable bonds is 2. The Bertz CT molecular complexity index is 713. The molecule has 21 heavy (non-hydrogen) atoms. The minimum atomic E-state index is 0.117. The van der Waals surface area contributed by atoms with E-state index >= 15 is 0 Å². The van der Waals surface area contributed by atoms with E-state index in [1.165, 1.54) is 16.7 Å². The first-order chi connectivity index (χ1) is 9.75. The van der Waals surface area contributed by atoms with Crippen molar-refractivity contribution in [2.45, 2.75) is 41.5 Å². The molecule has 0 saturated carbocycles. The minimum Gasteiger partial charge on any atom is -0.289 e. The van der Waals surface area contributed by atoms with Gasteiger partial charge in [-0.05, 0) is 93.1 Å². The Labute approximate surface area is 135 Å². The van der Waals surface area contributed by atoms with Gasteiger partial charge in [0.2, 0.25) is 0 Å².